The van der Waals surface area contributed by atoms with E-state index in [0.717, 1.165) is 5.56 Å². The third-order valence-corrected chi connectivity index (χ3v) is 6.70. The number of nitrogens with zero attached hydrogens (tertiary/aromatic N) is 1. The molecule has 0 radical (unpaired) electrons. The number of hydrogen-bond donors (Lipinski definition) is 1. The molecule has 3 atom stereocenters. The van der Waals surface area contributed by atoms with E-state index >= 15 is 0 Å². The number of hydrogen-bond acceptors (Lipinski definition) is 6. The van der Waals surface area contributed by atoms with Gasteiger partial charge in [-0.3, -0.25) is 9.69 Å². The van der Waals surface area contributed by atoms with Crippen LogP contribution in [0, 0.1) is 11.8 Å². The highest BCUT2D eigenvalue weighted by atomic mass is 32.1. The number of thiophene rings is 1. The monoisotopic (exact) mass is 487 g/mol. The molecule has 0 bridgehead atoms. The van der Waals surface area contributed by atoms with Gasteiger partial charge in [-0.25, -0.2) is 9.59 Å². The van der Waals surface area contributed by atoms with E-state index in [1.807, 2.05) is 55.6 Å². The molecule has 184 valence electrons. The summed E-state index contributed by atoms with van der Waals surface area (Å²) in [6.45, 7) is 9.16. The average Bonchev–Trinajstić information content (AvgIpc) is 3.38. The highest BCUT2D eigenvalue weighted by Gasteiger charge is 2.62. The summed E-state index contributed by atoms with van der Waals surface area (Å²) in [6, 6.07) is 12.0. The predicted octanol–water partition coefficient (Wildman–Crippen LogP) is 5.66. The Morgan fingerprint density at radius 3 is 2.35 bits per heavy atom. The fourth-order valence-electron chi connectivity index (χ4n) is 4.60. The minimum Gasteiger partial charge on any atom is -0.481 e. The number of esters is 1. The fraction of sp³-hybridized carbons (Fsp3) is 0.500. The van der Waals surface area contributed by atoms with E-state index in [4.69, 9.17) is 9.47 Å². The maximum Gasteiger partial charge on any atom is 0.411 e. The van der Waals surface area contributed by atoms with E-state index in [-0.39, 0.29) is 25.4 Å². The molecule has 1 aromatic heterocycles. The van der Waals surface area contributed by atoms with E-state index in [9.17, 15) is 19.5 Å². The second kappa shape index (κ2) is 10.2. The standard InChI is InChI=1S/C26H33NO6S/c1-17(2)14-26(23(30)33-25(3,4)5)15-19(22(28)29)21(20-12-9-13-34-20)27(26)24(31)32-16-18-10-7-6-8-11-18/h6-13,17,19,21H,14-16H2,1-5H3,(H,28,29)/t19?,21?,26-/m0/s1. The Balaban J connectivity index is 2.10. The van der Waals surface area contributed by atoms with Crippen molar-refractivity contribution in [1.82, 2.24) is 4.90 Å². The topological polar surface area (TPSA) is 93.1 Å². The Hall–Kier alpha value is -2.87. The van der Waals surface area contributed by atoms with E-state index in [1.165, 1.54) is 16.2 Å². The summed E-state index contributed by atoms with van der Waals surface area (Å²) >= 11 is 1.36. The van der Waals surface area contributed by atoms with E-state index < -0.39 is 41.1 Å². The molecule has 2 heterocycles. The molecule has 1 saturated heterocycles. The van der Waals surface area contributed by atoms with Gasteiger partial charge < -0.3 is 14.6 Å². The number of benzene rings is 1. The zero-order valence-electron chi connectivity index (χ0n) is 20.3. The Kier molecular flexibility index (Phi) is 7.70. The second-order valence-corrected chi connectivity index (χ2v) is 11.1. The number of amides is 1. The summed E-state index contributed by atoms with van der Waals surface area (Å²) in [6.07, 6.45) is -0.510. The molecule has 1 amide bonds. The molecule has 0 saturated carbocycles. The molecule has 0 spiro atoms. The summed E-state index contributed by atoms with van der Waals surface area (Å²) in [5.41, 5.74) is -1.47. The first-order chi connectivity index (χ1) is 15.9. The molecule has 1 aromatic carbocycles. The Bertz CT molecular complexity index is 998. The fourth-order valence-corrected chi connectivity index (χ4v) is 5.48. The van der Waals surface area contributed by atoms with E-state index in [2.05, 4.69) is 0 Å². The molecule has 1 N–H and O–H groups in total. The minimum absolute atomic E-state index is 0.00604. The summed E-state index contributed by atoms with van der Waals surface area (Å²) in [5.74, 6) is -2.65. The number of ether oxygens (including phenoxy) is 2. The van der Waals surface area contributed by atoms with Crippen LogP contribution in [0.5, 0.6) is 0 Å². The second-order valence-electron chi connectivity index (χ2n) is 10.2. The van der Waals surface area contributed by atoms with Crippen molar-refractivity contribution < 1.29 is 29.0 Å². The highest BCUT2D eigenvalue weighted by Crippen LogP contribution is 2.51. The van der Waals surface area contributed by atoms with Gasteiger partial charge in [0.2, 0.25) is 0 Å². The minimum atomic E-state index is -1.47. The first-order valence-electron chi connectivity index (χ1n) is 11.4. The molecule has 3 rings (SSSR count). The van der Waals surface area contributed by atoms with Crippen LogP contribution in [0.4, 0.5) is 4.79 Å². The highest BCUT2D eigenvalue weighted by molar-refractivity contribution is 7.10. The summed E-state index contributed by atoms with van der Waals surface area (Å²) < 4.78 is 11.5. The van der Waals surface area contributed by atoms with Crippen molar-refractivity contribution in [2.24, 2.45) is 11.8 Å². The van der Waals surface area contributed by atoms with Gasteiger partial charge >= 0.3 is 18.0 Å². The molecular formula is C26H33NO6S. The summed E-state index contributed by atoms with van der Waals surface area (Å²) in [4.78, 5) is 41.9. The molecule has 34 heavy (non-hydrogen) atoms. The van der Waals surface area contributed by atoms with Crippen LogP contribution in [0.1, 0.15) is 63.9 Å². The molecule has 1 aliphatic rings. The average molecular weight is 488 g/mol. The molecule has 8 heteroatoms. The van der Waals surface area contributed by atoms with E-state index in [0.29, 0.717) is 4.88 Å². The summed E-state index contributed by atoms with van der Waals surface area (Å²) in [7, 11) is 0. The first kappa shape index (κ1) is 25.7. The van der Waals surface area contributed by atoms with Gasteiger partial charge in [-0.1, -0.05) is 50.2 Å². The largest absolute Gasteiger partial charge is 0.481 e. The molecular weight excluding hydrogens is 454 g/mol. The number of likely N-dealkylation sites (tertiary alicyclic amines) is 1. The van der Waals surface area contributed by atoms with Gasteiger partial charge in [0.1, 0.15) is 17.7 Å². The number of carboxylic acid groups (broad SMARTS) is 1. The van der Waals surface area contributed by atoms with Gasteiger partial charge in [-0.05, 0) is 56.5 Å². The zero-order valence-corrected chi connectivity index (χ0v) is 21.1. The van der Waals surface area contributed by atoms with Gasteiger partial charge in [0.15, 0.2) is 0 Å². The Morgan fingerprint density at radius 1 is 1.15 bits per heavy atom. The molecule has 7 nitrogen and oxygen atoms in total. The lowest BCUT2D eigenvalue weighted by Crippen LogP contribution is -2.56. The van der Waals surface area contributed by atoms with Gasteiger partial charge in [0.05, 0.1) is 12.0 Å². The van der Waals surface area contributed by atoms with Crippen molar-refractivity contribution in [2.75, 3.05) is 0 Å². The predicted molar refractivity (Wildman–Crippen MR) is 129 cm³/mol. The lowest BCUT2D eigenvalue weighted by Gasteiger charge is -2.40. The van der Waals surface area contributed by atoms with Crippen LogP contribution >= 0.6 is 11.3 Å². The van der Waals surface area contributed by atoms with Crippen molar-refractivity contribution in [2.45, 2.75) is 71.2 Å². The van der Waals surface area contributed by atoms with Crippen molar-refractivity contribution in [3.63, 3.8) is 0 Å². The maximum absolute atomic E-state index is 13.7. The zero-order chi connectivity index (χ0) is 25.1. The van der Waals surface area contributed by atoms with Crippen molar-refractivity contribution in [3.05, 3.63) is 58.3 Å². The van der Waals surface area contributed by atoms with Crippen LogP contribution in [0.25, 0.3) is 0 Å². The van der Waals surface area contributed by atoms with Crippen molar-refractivity contribution >= 4 is 29.4 Å². The number of carboxylic acids is 1. The van der Waals surface area contributed by atoms with Gasteiger partial charge in [0, 0.05) is 4.88 Å². The Labute approximate surface area is 204 Å². The van der Waals surface area contributed by atoms with Crippen LogP contribution in [0.3, 0.4) is 0 Å². The third kappa shape index (κ3) is 5.60. The lowest BCUT2D eigenvalue weighted by molar-refractivity contribution is -0.169. The molecule has 2 aromatic rings. The number of carbonyl (C=O) groups is 3. The molecule has 1 fully saturated rings. The third-order valence-electron chi connectivity index (χ3n) is 5.76. The molecule has 2 unspecified atom stereocenters. The molecule has 0 aliphatic carbocycles. The normalized spacial score (nSPS) is 22.6. The van der Waals surface area contributed by atoms with Crippen LogP contribution in [0.15, 0.2) is 47.8 Å². The van der Waals surface area contributed by atoms with E-state index in [1.54, 1.807) is 26.8 Å². The summed E-state index contributed by atoms with van der Waals surface area (Å²) in [5, 5.41) is 12.0. The van der Waals surface area contributed by atoms with Crippen LogP contribution in [-0.2, 0) is 25.7 Å². The van der Waals surface area contributed by atoms with Crippen LogP contribution in [-0.4, -0.2) is 39.2 Å². The van der Waals surface area contributed by atoms with Gasteiger partial charge in [-0.15, -0.1) is 11.3 Å². The number of rotatable bonds is 7. The SMILES string of the molecule is CC(C)C[C@@]1(C(=O)OC(C)(C)C)CC(C(=O)O)C(c2cccs2)N1C(=O)OCc1ccccc1. The maximum atomic E-state index is 13.7. The molecule has 1 aliphatic heterocycles. The van der Waals surface area contributed by atoms with Crippen molar-refractivity contribution in [3.8, 4) is 0 Å². The number of carbonyl (C=O) groups excluding carboxylic acids is 2. The smallest absolute Gasteiger partial charge is 0.411 e. The first-order valence-corrected chi connectivity index (χ1v) is 12.3. The van der Waals surface area contributed by atoms with Gasteiger partial charge in [0.25, 0.3) is 0 Å². The van der Waals surface area contributed by atoms with Crippen LogP contribution < -0.4 is 0 Å². The lowest BCUT2D eigenvalue weighted by atomic mass is 9.83. The quantitative estimate of drug-likeness (QED) is 0.507. The number of aliphatic carboxylic acids is 1. The van der Waals surface area contributed by atoms with Crippen LogP contribution in [0.2, 0.25) is 0 Å². The Morgan fingerprint density at radius 2 is 1.82 bits per heavy atom. The van der Waals surface area contributed by atoms with Gasteiger partial charge in [-0.2, -0.15) is 0 Å². The van der Waals surface area contributed by atoms with Crippen molar-refractivity contribution in [1.29, 1.82) is 0 Å².